The van der Waals surface area contributed by atoms with Crippen LogP contribution in [-0.4, -0.2) is 47.5 Å². The van der Waals surface area contributed by atoms with Crippen molar-refractivity contribution in [1.82, 2.24) is 4.90 Å². The van der Waals surface area contributed by atoms with Crippen molar-refractivity contribution in [3.8, 4) is 0 Å². The summed E-state index contributed by atoms with van der Waals surface area (Å²) in [5.41, 5.74) is -1.02. The van der Waals surface area contributed by atoms with E-state index in [9.17, 15) is 10.2 Å². The average Bonchev–Trinajstić information content (AvgIpc) is 2.21. The van der Waals surface area contributed by atoms with Gasteiger partial charge in [0.2, 0.25) is 0 Å². The molecule has 84 valence electrons. The molecule has 0 saturated carbocycles. The number of aliphatic hydroxyl groups excluding tert-OH is 1. The lowest BCUT2D eigenvalue weighted by Crippen LogP contribution is -2.54. The summed E-state index contributed by atoms with van der Waals surface area (Å²) in [6.07, 6.45) is 2.37. The molecular formula is C11H23NO2. The van der Waals surface area contributed by atoms with Gasteiger partial charge in [0.15, 0.2) is 0 Å². The minimum absolute atomic E-state index is 0.0731. The van der Waals surface area contributed by atoms with Gasteiger partial charge in [0.05, 0.1) is 12.2 Å². The number of hydrogen-bond acceptors (Lipinski definition) is 3. The Hall–Kier alpha value is -0.120. The first-order chi connectivity index (χ1) is 6.47. The highest BCUT2D eigenvalue weighted by molar-refractivity contribution is 4.98. The van der Waals surface area contributed by atoms with Gasteiger partial charge in [0, 0.05) is 18.5 Å². The quantitative estimate of drug-likeness (QED) is 0.711. The summed E-state index contributed by atoms with van der Waals surface area (Å²) in [6, 6.07) is 0. The predicted octanol–water partition coefficient (Wildman–Crippen LogP) is 0.852. The van der Waals surface area contributed by atoms with Crippen molar-refractivity contribution < 1.29 is 10.2 Å². The maximum atomic E-state index is 10.5. The highest BCUT2D eigenvalue weighted by Gasteiger charge is 2.46. The van der Waals surface area contributed by atoms with Crippen molar-refractivity contribution in [2.75, 3.05) is 26.7 Å². The van der Waals surface area contributed by atoms with Crippen molar-refractivity contribution in [2.45, 2.75) is 38.7 Å². The molecule has 1 saturated heterocycles. The summed E-state index contributed by atoms with van der Waals surface area (Å²) in [5, 5.41) is 19.9. The lowest BCUT2D eigenvalue weighted by molar-refractivity contribution is -0.131. The zero-order valence-corrected chi connectivity index (χ0v) is 9.58. The van der Waals surface area contributed by atoms with Gasteiger partial charge in [0.25, 0.3) is 0 Å². The third-order valence-electron chi connectivity index (χ3n) is 4.07. The summed E-state index contributed by atoms with van der Waals surface area (Å²) >= 11 is 0. The Morgan fingerprint density at radius 2 is 1.86 bits per heavy atom. The van der Waals surface area contributed by atoms with Crippen molar-refractivity contribution in [3.05, 3.63) is 0 Å². The van der Waals surface area contributed by atoms with Gasteiger partial charge in [-0.25, -0.2) is 0 Å². The number of aliphatic hydroxyl groups is 2. The van der Waals surface area contributed by atoms with Crippen molar-refractivity contribution >= 4 is 0 Å². The van der Waals surface area contributed by atoms with E-state index in [-0.39, 0.29) is 12.0 Å². The molecule has 0 radical (unpaired) electrons. The normalized spacial score (nSPS) is 27.2. The molecule has 1 atom stereocenters. The monoisotopic (exact) mass is 201 g/mol. The van der Waals surface area contributed by atoms with Crippen LogP contribution in [0.1, 0.15) is 33.1 Å². The largest absolute Gasteiger partial charge is 0.396 e. The van der Waals surface area contributed by atoms with Crippen molar-refractivity contribution in [2.24, 2.45) is 5.41 Å². The van der Waals surface area contributed by atoms with E-state index in [4.69, 9.17) is 0 Å². The number of likely N-dealkylation sites (tertiary alicyclic amines) is 1. The molecule has 1 aliphatic rings. The summed E-state index contributed by atoms with van der Waals surface area (Å²) in [6.45, 7) is 5.94. The first-order valence-electron chi connectivity index (χ1n) is 5.49. The zero-order chi connectivity index (χ0) is 10.8. The molecule has 14 heavy (non-hydrogen) atoms. The van der Waals surface area contributed by atoms with E-state index in [2.05, 4.69) is 11.9 Å². The Balaban J connectivity index is 2.73. The molecule has 1 unspecified atom stereocenters. The van der Waals surface area contributed by atoms with Gasteiger partial charge in [-0.15, -0.1) is 0 Å². The van der Waals surface area contributed by atoms with Gasteiger partial charge >= 0.3 is 0 Å². The molecule has 1 heterocycles. The second-order valence-electron chi connectivity index (χ2n) is 4.91. The van der Waals surface area contributed by atoms with Gasteiger partial charge in [-0.1, -0.05) is 13.8 Å². The molecule has 1 aliphatic heterocycles. The Kier molecular flexibility index (Phi) is 3.56. The maximum Gasteiger partial charge on any atom is 0.0747 e. The van der Waals surface area contributed by atoms with Crippen LogP contribution in [0, 0.1) is 5.41 Å². The molecular weight excluding hydrogens is 178 g/mol. The number of rotatable bonds is 3. The highest BCUT2D eigenvalue weighted by Crippen LogP contribution is 2.41. The Bertz CT molecular complexity index is 182. The summed E-state index contributed by atoms with van der Waals surface area (Å²) in [7, 11) is 2.07. The smallest absolute Gasteiger partial charge is 0.0747 e. The summed E-state index contributed by atoms with van der Waals surface area (Å²) in [4.78, 5) is 2.22. The van der Waals surface area contributed by atoms with E-state index in [0.29, 0.717) is 0 Å². The third-order valence-corrected chi connectivity index (χ3v) is 4.07. The summed E-state index contributed by atoms with van der Waals surface area (Å²) < 4.78 is 0. The molecule has 0 spiro atoms. The molecule has 0 aliphatic carbocycles. The standard InChI is InChI=1S/C11H23NO2/c1-4-10(2,9-13)11(14)5-7-12(3)8-6-11/h13-14H,4-9H2,1-3H3. The minimum atomic E-state index is -0.678. The van der Waals surface area contributed by atoms with Gasteiger partial charge in [-0.05, 0) is 26.3 Å². The van der Waals surface area contributed by atoms with Crippen LogP contribution in [0.2, 0.25) is 0 Å². The van der Waals surface area contributed by atoms with Crippen LogP contribution in [0.4, 0.5) is 0 Å². The lowest BCUT2D eigenvalue weighted by Gasteiger charge is -2.48. The molecule has 0 aromatic carbocycles. The fraction of sp³-hybridized carbons (Fsp3) is 1.00. The first kappa shape index (κ1) is 12.0. The Morgan fingerprint density at radius 1 is 1.36 bits per heavy atom. The molecule has 1 fully saturated rings. The second-order valence-corrected chi connectivity index (χ2v) is 4.91. The highest BCUT2D eigenvalue weighted by atomic mass is 16.3. The van der Waals surface area contributed by atoms with Crippen LogP contribution < -0.4 is 0 Å². The van der Waals surface area contributed by atoms with E-state index >= 15 is 0 Å². The van der Waals surface area contributed by atoms with E-state index in [1.54, 1.807) is 0 Å². The Labute approximate surface area is 86.7 Å². The predicted molar refractivity (Wildman–Crippen MR) is 57.2 cm³/mol. The van der Waals surface area contributed by atoms with Gasteiger partial charge in [-0.2, -0.15) is 0 Å². The van der Waals surface area contributed by atoms with Gasteiger partial charge < -0.3 is 15.1 Å². The topological polar surface area (TPSA) is 43.7 Å². The second kappa shape index (κ2) is 4.17. The molecule has 2 N–H and O–H groups in total. The maximum absolute atomic E-state index is 10.5. The first-order valence-corrected chi connectivity index (χ1v) is 5.49. The Morgan fingerprint density at radius 3 is 2.21 bits per heavy atom. The van der Waals surface area contributed by atoms with Crippen molar-refractivity contribution in [3.63, 3.8) is 0 Å². The molecule has 0 aromatic heterocycles. The SMILES string of the molecule is CCC(C)(CO)C1(O)CCN(C)CC1. The number of hydrogen-bond donors (Lipinski definition) is 2. The molecule has 0 aromatic rings. The molecule has 1 rings (SSSR count). The van der Waals surface area contributed by atoms with Crippen LogP contribution in [0.15, 0.2) is 0 Å². The number of nitrogens with zero attached hydrogens (tertiary/aromatic N) is 1. The molecule has 3 nitrogen and oxygen atoms in total. The van der Waals surface area contributed by atoms with Gasteiger partial charge in [0.1, 0.15) is 0 Å². The van der Waals surface area contributed by atoms with Crippen LogP contribution in [-0.2, 0) is 0 Å². The zero-order valence-electron chi connectivity index (χ0n) is 9.58. The van der Waals surface area contributed by atoms with Crippen LogP contribution in [0.25, 0.3) is 0 Å². The summed E-state index contributed by atoms with van der Waals surface area (Å²) in [5.74, 6) is 0. The van der Waals surface area contributed by atoms with E-state index < -0.39 is 5.60 Å². The van der Waals surface area contributed by atoms with E-state index in [1.807, 2.05) is 13.8 Å². The average molecular weight is 201 g/mol. The van der Waals surface area contributed by atoms with E-state index in [0.717, 1.165) is 32.4 Å². The van der Waals surface area contributed by atoms with Crippen LogP contribution >= 0.6 is 0 Å². The molecule has 3 heteroatoms. The van der Waals surface area contributed by atoms with Crippen molar-refractivity contribution in [1.29, 1.82) is 0 Å². The van der Waals surface area contributed by atoms with Crippen LogP contribution in [0.5, 0.6) is 0 Å². The van der Waals surface area contributed by atoms with Gasteiger partial charge in [-0.3, -0.25) is 0 Å². The minimum Gasteiger partial charge on any atom is -0.396 e. The fourth-order valence-electron chi connectivity index (χ4n) is 2.18. The molecule has 0 amide bonds. The van der Waals surface area contributed by atoms with Crippen LogP contribution in [0.3, 0.4) is 0 Å². The number of piperidine rings is 1. The lowest BCUT2D eigenvalue weighted by atomic mass is 9.67. The van der Waals surface area contributed by atoms with E-state index in [1.165, 1.54) is 0 Å². The molecule has 0 bridgehead atoms. The third kappa shape index (κ3) is 1.95. The fourth-order valence-corrected chi connectivity index (χ4v) is 2.18.